The van der Waals surface area contributed by atoms with Crippen LogP contribution in [-0.4, -0.2) is 54.1 Å². The van der Waals surface area contributed by atoms with Crippen molar-refractivity contribution >= 4 is 11.9 Å². The van der Waals surface area contributed by atoms with Crippen LogP contribution in [0.1, 0.15) is 105 Å². The van der Waals surface area contributed by atoms with E-state index in [1.54, 1.807) is 0 Å². The zero-order valence-electron chi connectivity index (χ0n) is 23.6. The molecule has 2 bridgehead atoms. The van der Waals surface area contributed by atoms with E-state index >= 15 is 0 Å². The number of hydrogen-bond acceptors (Lipinski definition) is 6. The van der Waals surface area contributed by atoms with Crippen LogP contribution in [0, 0.1) is 34.5 Å². The van der Waals surface area contributed by atoms with Gasteiger partial charge >= 0.3 is 5.97 Å². The molecule has 3 saturated carbocycles. The molecule has 1 amide bonds. The average Bonchev–Trinajstić information content (AvgIpc) is 3.09. The van der Waals surface area contributed by atoms with Crippen molar-refractivity contribution in [2.45, 2.75) is 128 Å². The van der Waals surface area contributed by atoms with E-state index < -0.39 is 5.60 Å². The number of esters is 1. The Bertz CT molecular complexity index is 831. The minimum atomic E-state index is -0.453. The van der Waals surface area contributed by atoms with Crippen LogP contribution in [0.2, 0.25) is 0 Å². The summed E-state index contributed by atoms with van der Waals surface area (Å²) in [5, 5.41) is 13.0. The molecule has 3 N–H and O–H groups in total. The van der Waals surface area contributed by atoms with E-state index in [9.17, 15) is 14.9 Å². The first kappa shape index (κ1) is 28.9. The molecule has 3 aliphatic carbocycles. The first-order valence-electron chi connectivity index (χ1n) is 14.2. The molecule has 0 radical (unpaired) electrons. The SMILES string of the molecule is CCC1CC2CC(C)(CC(=O)N3C(C#N)CC(C)[C@@H]3C)CC(OC(=O)CC3(NC)CCC3)(C1)C2.CN. The third kappa shape index (κ3) is 5.91. The van der Waals surface area contributed by atoms with Gasteiger partial charge in [0.1, 0.15) is 11.6 Å². The van der Waals surface area contributed by atoms with Crippen LogP contribution < -0.4 is 11.1 Å². The van der Waals surface area contributed by atoms with Crippen LogP contribution in [0.15, 0.2) is 0 Å². The Kier molecular flexibility index (Phi) is 9.15. The second-order valence-electron chi connectivity index (χ2n) is 12.8. The molecule has 6 unspecified atom stereocenters. The molecule has 0 aromatic rings. The predicted molar refractivity (Wildman–Crippen MR) is 142 cm³/mol. The zero-order valence-corrected chi connectivity index (χ0v) is 23.6. The van der Waals surface area contributed by atoms with Gasteiger partial charge in [-0.25, -0.2) is 0 Å². The van der Waals surface area contributed by atoms with Crippen LogP contribution in [0.3, 0.4) is 0 Å². The summed E-state index contributed by atoms with van der Waals surface area (Å²) in [6, 6.07) is 2.14. The predicted octanol–water partition coefficient (Wildman–Crippen LogP) is 4.54. The number of nitrogens with one attached hydrogen (secondary N) is 1. The van der Waals surface area contributed by atoms with Gasteiger partial charge in [0.2, 0.25) is 5.91 Å². The molecule has 36 heavy (non-hydrogen) atoms. The number of nitriles is 1. The third-order valence-electron chi connectivity index (χ3n) is 9.96. The molecule has 0 aromatic heterocycles. The molecule has 1 aliphatic heterocycles. The molecule has 1 heterocycles. The van der Waals surface area contributed by atoms with E-state index in [1.807, 2.05) is 11.9 Å². The van der Waals surface area contributed by atoms with Gasteiger partial charge < -0.3 is 20.7 Å². The lowest BCUT2D eigenvalue weighted by Crippen LogP contribution is -2.55. The molecule has 0 aromatic carbocycles. The summed E-state index contributed by atoms with van der Waals surface area (Å²) in [5.74, 6) is 1.43. The number of nitrogens with two attached hydrogens (primary N) is 1. The number of carbonyl (C=O) groups is 2. The van der Waals surface area contributed by atoms with Gasteiger partial charge in [-0.1, -0.05) is 27.2 Å². The Balaban J connectivity index is 0.00000176. The van der Waals surface area contributed by atoms with Crippen LogP contribution in [-0.2, 0) is 14.3 Å². The summed E-state index contributed by atoms with van der Waals surface area (Å²) in [5.41, 5.74) is 3.75. The van der Waals surface area contributed by atoms with Crippen LogP contribution in [0.25, 0.3) is 0 Å². The smallest absolute Gasteiger partial charge is 0.308 e. The van der Waals surface area contributed by atoms with Crippen LogP contribution in [0.4, 0.5) is 0 Å². The number of nitrogens with zero attached hydrogens (tertiary/aromatic N) is 2. The second-order valence-corrected chi connectivity index (χ2v) is 12.8. The summed E-state index contributed by atoms with van der Waals surface area (Å²) >= 11 is 0. The molecule has 4 fully saturated rings. The van der Waals surface area contributed by atoms with E-state index in [2.05, 4.69) is 44.8 Å². The number of hydrogen-bond donors (Lipinski definition) is 2. The van der Waals surface area contributed by atoms with Gasteiger partial charge in [-0.3, -0.25) is 9.59 Å². The van der Waals surface area contributed by atoms with E-state index in [0.29, 0.717) is 30.6 Å². The molecule has 4 rings (SSSR count). The molecule has 7 heteroatoms. The van der Waals surface area contributed by atoms with Crippen molar-refractivity contribution in [1.82, 2.24) is 10.2 Å². The molecule has 0 spiro atoms. The summed E-state index contributed by atoms with van der Waals surface area (Å²) in [6.45, 7) is 8.67. The lowest BCUT2D eigenvalue weighted by atomic mass is 9.56. The molecule has 1 saturated heterocycles. The van der Waals surface area contributed by atoms with Crippen molar-refractivity contribution < 1.29 is 14.3 Å². The maximum absolute atomic E-state index is 13.5. The first-order chi connectivity index (χ1) is 17.1. The third-order valence-corrected chi connectivity index (χ3v) is 9.96. The number of carbonyl (C=O) groups excluding carboxylic acids is 2. The van der Waals surface area contributed by atoms with Crippen molar-refractivity contribution in [3.05, 3.63) is 0 Å². The first-order valence-corrected chi connectivity index (χ1v) is 14.2. The Hall–Kier alpha value is -1.65. The maximum Gasteiger partial charge on any atom is 0.308 e. The Morgan fingerprint density at radius 1 is 1.14 bits per heavy atom. The summed E-state index contributed by atoms with van der Waals surface area (Å²) < 4.78 is 6.44. The fourth-order valence-corrected chi connectivity index (χ4v) is 8.05. The van der Waals surface area contributed by atoms with E-state index in [0.717, 1.165) is 64.2 Å². The summed E-state index contributed by atoms with van der Waals surface area (Å²) in [4.78, 5) is 28.6. The fourth-order valence-electron chi connectivity index (χ4n) is 8.05. The molecule has 4 aliphatic rings. The van der Waals surface area contributed by atoms with E-state index in [-0.39, 0.29) is 34.9 Å². The topological polar surface area (TPSA) is 108 Å². The number of rotatable bonds is 7. The lowest BCUT2D eigenvalue weighted by molar-refractivity contribution is -0.185. The quantitative estimate of drug-likeness (QED) is 0.495. The van der Waals surface area contributed by atoms with Crippen molar-refractivity contribution in [2.75, 3.05) is 14.1 Å². The van der Waals surface area contributed by atoms with Crippen molar-refractivity contribution in [3.63, 3.8) is 0 Å². The van der Waals surface area contributed by atoms with Gasteiger partial charge in [0, 0.05) is 18.0 Å². The largest absolute Gasteiger partial charge is 0.459 e. The molecule has 7 atom stereocenters. The summed E-state index contributed by atoms with van der Waals surface area (Å²) in [7, 11) is 3.45. The highest BCUT2D eigenvalue weighted by molar-refractivity contribution is 5.78. The van der Waals surface area contributed by atoms with Crippen LogP contribution >= 0.6 is 0 Å². The van der Waals surface area contributed by atoms with Gasteiger partial charge in [-0.2, -0.15) is 5.26 Å². The second kappa shape index (κ2) is 11.4. The molecule has 7 nitrogen and oxygen atoms in total. The van der Waals surface area contributed by atoms with Crippen LogP contribution in [0.5, 0.6) is 0 Å². The maximum atomic E-state index is 13.5. The molecular formula is C29H50N4O3. The van der Waals surface area contributed by atoms with E-state index in [4.69, 9.17) is 4.74 Å². The Morgan fingerprint density at radius 2 is 1.83 bits per heavy atom. The number of amides is 1. The monoisotopic (exact) mass is 502 g/mol. The summed E-state index contributed by atoms with van der Waals surface area (Å²) in [6.07, 6.45) is 10.8. The van der Waals surface area contributed by atoms with Crippen molar-refractivity contribution in [3.8, 4) is 6.07 Å². The van der Waals surface area contributed by atoms with E-state index in [1.165, 1.54) is 7.05 Å². The fraction of sp³-hybridized carbons (Fsp3) is 0.897. The average molecular weight is 503 g/mol. The van der Waals surface area contributed by atoms with Gasteiger partial charge in [0.25, 0.3) is 0 Å². The standard InChI is InChI=1S/C28H45N3O3.CH5N/c1-6-21-11-22-12-26(4,15-24(32)31-20(3)19(2)10-23(31)17-29)18-28(13-21,14-22)34-25(33)16-27(30-5)8-7-9-27;1-2/h19-23,30H,6-16,18H2,1-5H3;2H2,1H3/t19?,20-,21?,22?,23?,26?,28?;/m0./s1. The highest BCUT2D eigenvalue weighted by Crippen LogP contribution is 2.56. The van der Waals surface area contributed by atoms with Gasteiger partial charge in [-0.05, 0) is 102 Å². The Labute approximate surface area is 218 Å². The van der Waals surface area contributed by atoms with Gasteiger partial charge in [0.15, 0.2) is 0 Å². The van der Waals surface area contributed by atoms with Crippen molar-refractivity contribution in [1.29, 1.82) is 5.26 Å². The lowest BCUT2D eigenvalue weighted by Gasteiger charge is -2.54. The van der Waals surface area contributed by atoms with Gasteiger partial charge in [0.05, 0.1) is 12.5 Å². The highest BCUT2D eigenvalue weighted by Gasteiger charge is 2.54. The normalized spacial score (nSPS) is 38.7. The highest BCUT2D eigenvalue weighted by atomic mass is 16.6. The molecular weight excluding hydrogens is 452 g/mol. The number of ether oxygens (including phenoxy) is 1. The number of likely N-dealkylation sites (tertiary alicyclic amines) is 1. The Morgan fingerprint density at radius 3 is 2.39 bits per heavy atom. The zero-order chi connectivity index (χ0) is 26.7. The minimum Gasteiger partial charge on any atom is -0.459 e. The molecule has 204 valence electrons. The minimum absolute atomic E-state index is 0.0772. The van der Waals surface area contributed by atoms with Crippen molar-refractivity contribution in [2.24, 2.45) is 28.9 Å². The number of fused-ring (bicyclic) bond motifs is 2. The van der Waals surface area contributed by atoms with Gasteiger partial charge in [-0.15, -0.1) is 0 Å².